The molecular weight excluding hydrogens is 246 g/mol. The standard InChI is InChI=1S/C11H12ClNO2S/c12-8-3-1-6(13)5-10(8)16-9-4-2-7(9)11(14)15/h1,3,5,7,9H,2,4,13H2,(H,14,15). The van der Waals surface area contributed by atoms with Gasteiger partial charge in [0.2, 0.25) is 0 Å². The van der Waals surface area contributed by atoms with Crippen molar-refractivity contribution in [3.8, 4) is 0 Å². The molecule has 2 rings (SSSR count). The first-order chi connectivity index (χ1) is 7.58. The van der Waals surface area contributed by atoms with Gasteiger partial charge in [-0.1, -0.05) is 11.6 Å². The molecule has 0 aliphatic heterocycles. The van der Waals surface area contributed by atoms with Gasteiger partial charge in [0.15, 0.2) is 0 Å². The summed E-state index contributed by atoms with van der Waals surface area (Å²) in [5, 5.41) is 9.69. The van der Waals surface area contributed by atoms with Gasteiger partial charge in [-0.2, -0.15) is 0 Å². The molecule has 3 nitrogen and oxygen atoms in total. The van der Waals surface area contributed by atoms with Crippen molar-refractivity contribution in [1.29, 1.82) is 0 Å². The third-order valence-electron chi connectivity index (χ3n) is 2.76. The Bertz CT molecular complexity index is 424. The van der Waals surface area contributed by atoms with E-state index >= 15 is 0 Å². The minimum atomic E-state index is -0.719. The van der Waals surface area contributed by atoms with E-state index in [1.165, 1.54) is 11.8 Å². The molecule has 3 N–H and O–H groups in total. The number of hydrogen-bond acceptors (Lipinski definition) is 3. The average molecular weight is 258 g/mol. The first kappa shape index (κ1) is 11.6. The molecule has 1 aliphatic rings. The minimum Gasteiger partial charge on any atom is -0.481 e. The van der Waals surface area contributed by atoms with Crippen LogP contribution in [0, 0.1) is 5.92 Å². The molecule has 1 fully saturated rings. The summed E-state index contributed by atoms with van der Waals surface area (Å²) in [6.07, 6.45) is 1.68. The Balaban J connectivity index is 2.09. The number of carboxylic acids is 1. The highest BCUT2D eigenvalue weighted by Crippen LogP contribution is 2.43. The normalized spacial score (nSPS) is 23.8. The molecule has 16 heavy (non-hydrogen) atoms. The first-order valence-electron chi connectivity index (χ1n) is 5.02. The van der Waals surface area contributed by atoms with Crippen LogP contribution < -0.4 is 5.73 Å². The highest BCUT2D eigenvalue weighted by atomic mass is 35.5. The molecule has 1 saturated carbocycles. The number of thioether (sulfide) groups is 1. The number of nitrogens with two attached hydrogens (primary N) is 1. The lowest BCUT2D eigenvalue weighted by Crippen LogP contribution is -2.35. The fourth-order valence-electron chi connectivity index (χ4n) is 1.67. The van der Waals surface area contributed by atoms with Gasteiger partial charge in [0.05, 0.1) is 10.9 Å². The number of rotatable bonds is 3. The monoisotopic (exact) mass is 257 g/mol. The smallest absolute Gasteiger partial charge is 0.307 e. The summed E-state index contributed by atoms with van der Waals surface area (Å²) >= 11 is 7.54. The average Bonchev–Trinajstić information content (AvgIpc) is 2.16. The molecule has 86 valence electrons. The Morgan fingerprint density at radius 3 is 2.81 bits per heavy atom. The van der Waals surface area contributed by atoms with Crippen LogP contribution in [-0.4, -0.2) is 16.3 Å². The third-order valence-corrected chi connectivity index (χ3v) is 4.66. The molecule has 2 unspecified atom stereocenters. The van der Waals surface area contributed by atoms with Gasteiger partial charge in [-0.05, 0) is 31.0 Å². The van der Waals surface area contributed by atoms with Crippen LogP contribution in [0.3, 0.4) is 0 Å². The van der Waals surface area contributed by atoms with Crippen LogP contribution in [0.2, 0.25) is 5.02 Å². The summed E-state index contributed by atoms with van der Waals surface area (Å²) in [7, 11) is 0. The van der Waals surface area contributed by atoms with Crippen molar-refractivity contribution in [3.05, 3.63) is 23.2 Å². The summed E-state index contributed by atoms with van der Waals surface area (Å²) < 4.78 is 0. The van der Waals surface area contributed by atoms with Crippen molar-refractivity contribution in [2.45, 2.75) is 23.0 Å². The predicted octanol–water partition coefficient (Wildman–Crippen LogP) is 2.88. The van der Waals surface area contributed by atoms with Crippen molar-refractivity contribution in [2.24, 2.45) is 5.92 Å². The zero-order chi connectivity index (χ0) is 11.7. The van der Waals surface area contributed by atoms with E-state index in [0.717, 1.165) is 17.7 Å². The van der Waals surface area contributed by atoms with E-state index in [9.17, 15) is 4.79 Å². The first-order valence-corrected chi connectivity index (χ1v) is 6.28. The Morgan fingerprint density at radius 2 is 2.25 bits per heavy atom. The molecule has 0 aromatic heterocycles. The summed E-state index contributed by atoms with van der Waals surface area (Å²) in [6, 6.07) is 5.28. The minimum absolute atomic E-state index is 0.122. The van der Waals surface area contributed by atoms with Gasteiger partial charge < -0.3 is 10.8 Å². The van der Waals surface area contributed by atoms with E-state index in [0.29, 0.717) is 10.7 Å². The fourth-order valence-corrected chi connectivity index (χ4v) is 3.30. The number of halogens is 1. The highest BCUT2D eigenvalue weighted by molar-refractivity contribution is 8.00. The second-order valence-electron chi connectivity index (χ2n) is 3.87. The molecule has 2 atom stereocenters. The van der Waals surface area contributed by atoms with Gasteiger partial charge in [-0.3, -0.25) is 4.79 Å². The van der Waals surface area contributed by atoms with Crippen LogP contribution in [0.25, 0.3) is 0 Å². The van der Waals surface area contributed by atoms with E-state index < -0.39 is 5.97 Å². The van der Waals surface area contributed by atoms with Crippen molar-refractivity contribution in [3.63, 3.8) is 0 Å². The Labute approximate surface area is 103 Å². The number of benzene rings is 1. The van der Waals surface area contributed by atoms with Crippen LogP contribution in [0.4, 0.5) is 5.69 Å². The number of hydrogen-bond donors (Lipinski definition) is 2. The molecule has 0 heterocycles. The van der Waals surface area contributed by atoms with Crippen LogP contribution >= 0.6 is 23.4 Å². The molecule has 1 aliphatic carbocycles. The summed E-state index contributed by atoms with van der Waals surface area (Å²) in [6.45, 7) is 0. The zero-order valence-corrected chi connectivity index (χ0v) is 10.1. The summed E-state index contributed by atoms with van der Waals surface area (Å²) in [4.78, 5) is 11.7. The van der Waals surface area contributed by atoms with Crippen LogP contribution in [0.15, 0.2) is 23.1 Å². The maximum Gasteiger partial charge on any atom is 0.307 e. The Kier molecular flexibility index (Phi) is 3.30. The Morgan fingerprint density at radius 1 is 1.50 bits per heavy atom. The Hall–Kier alpha value is -0.870. The lowest BCUT2D eigenvalue weighted by Gasteiger charge is -2.32. The fraction of sp³-hybridized carbons (Fsp3) is 0.364. The SMILES string of the molecule is Nc1ccc(Cl)c(SC2CCC2C(=O)O)c1. The summed E-state index contributed by atoms with van der Waals surface area (Å²) in [5.41, 5.74) is 6.32. The van der Waals surface area contributed by atoms with Gasteiger partial charge in [-0.25, -0.2) is 0 Å². The van der Waals surface area contributed by atoms with Crippen molar-refractivity contribution < 1.29 is 9.90 Å². The maximum atomic E-state index is 10.9. The van der Waals surface area contributed by atoms with E-state index in [4.69, 9.17) is 22.4 Å². The molecule has 5 heteroatoms. The topological polar surface area (TPSA) is 63.3 Å². The molecular formula is C11H12ClNO2S. The predicted molar refractivity (Wildman–Crippen MR) is 65.9 cm³/mol. The molecule has 0 spiro atoms. The van der Waals surface area contributed by atoms with Crippen molar-refractivity contribution in [2.75, 3.05) is 5.73 Å². The number of anilines is 1. The second kappa shape index (κ2) is 4.55. The van der Waals surface area contributed by atoms with Crippen molar-refractivity contribution in [1.82, 2.24) is 0 Å². The van der Waals surface area contributed by atoms with Crippen LogP contribution in [0.1, 0.15) is 12.8 Å². The molecule has 0 saturated heterocycles. The lowest BCUT2D eigenvalue weighted by molar-refractivity contribution is -0.144. The second-order valence-corrected chi connectivity index (χ2v) is 5.56. The van der Waals surface area contributed by atoms with Gasteiger partial charge in [-0.15, -0.1) is 11.8 Å². The number of nitrogen functional groups attached to an aromatic ring is 1. The quantitative estimate of drug-likeness (QED) is 0.818. The molecule has 0 bridgehead atoms. The van der Waals surface area contributed by atoms with Gasteiger partial charge in [0.25, 0.3) is 0 Å². The van der Waals surface area contributed by atoms with Crippen LogP contribution in [-0.2, 0) is 4.79 Å². The van der Waals surface area contributed by atoms with Crippen LogP contribution in [0.5, 0.6) is 0 Å². The lowest BCUT2D eigenvalue weighted by atomic mass is 9.85. The van der Waals surface area contributed by atoms with Crippen molar-refractivity contribution >= 4 is 35.0 Å². The molecule has 0 amide bonds. The largest absolute Gasteiger partial charge is 0.481 e. The van der Waals surface area contributed by atoms with Gasteiger partial charge in [0.1, 0.15) is 0 Å². The number of aliphatic carboxylic acids is 1. The highest BCUT2D eigenvalue weighted by Gasteiger charge is 2.37. The molecule has 1 aromatic carbocycles. The third kappa shape index (κ3) is 2.28. The molecule has 1 aromatic rings. The maximum absolute atomic E-state index is 10.9. The zero-order valence-electron chi connectivity index (χ0n) is 8.52. The number of carboxylic acid groups (broad SMARTS) is 1. The molecule has 0 radical (unpaired) electrons. The number of carbonyl (C=O) groups is 1. The van der Waals surface area contributed by atoms with E-state index in [1.807, 2.05) is 0 Å². The van der Waals surface area contributed by atoms with E-state index in [2.05, 4.69) is 0 Å². The summed E-state index contributed by atoms with van der Waals surface area (Å²) in [5.74, 6) is -0.966. The van der Waals surface area contributed by atoms with Gasteiger partial charge in [0, 0.05) is 15.8 Å². The van der Waals surface area contributed by atoms with Gasteiger partial charge >= 0.3 is 5.97 Å². The van der Waals surface area contributed by atoms with E-state index in [1.54, 1.807) is 18.2 Å². The van der Waals surface area contributed by atoms with E-state index in [-0.39, 0.29) is 11.2 Å².